The van der Waals surface area contributed by atoms with Crippen LogP contribution in [0.3, 0.4) is 0 Å². The molecule has 1 aliphatic carbocycles. The van der Waals surface area contributed by atoms with Crippen LogP contribution in [0.4, 0.5) is 0 Å². The van der Waals surface area contributed by atoms with Crippen LogP contribution >= 0.6 is 0 Å². The van der Waals surface area contributed by atoms with E-state index in [-0.39, 0.29) is 11.2 Å². The van der Waals surface area contributed by atoms with Crippen LogP contribution in [0.2, 0.25) is 0 Å². The molecular weight excluding hydrogens is 338 g/mol. The van der Waals surface area contributed by atoms with E-state index in [0.29, 0.717) is 24.2 Å². The number of rotatable bonds is 3. The van der Waals surface area contributed by atoms with Crippen molar-refractivity contribution in [2.24, 2.45) is 0 Å². The predicted molar refractivity (Wildman–Crippen MR) is 95.0 cm³/mol. The van der Waals surface area contributed by atoms with E-state index < -0.39 is 15.1 Å². The Morgan fingerprint density at radius 3 is 2.36 bits per heavy atom. The number of hydrogen-bond donors (Lipinski definition) is 0. The highest BCUT2D eigenvalue weighted by molar-refractivity contribution is 7.92. The molecule has 6 nitrogen and oxygen atoms in total. The maximum atomic E-state index is 12.7. The Balaban J connectivity index is 1.44. The molecule has 0 radical (unpaired) electrons. The molecule has 0 atom stereocenters. The average Bonchev–Trinajstić information content (AvgIpc) is 2.60. The topological polar surface area (TPSA) is 80.2 Å². The number of carbonyl (C=O) groups is 1. The summed E-state index contributed by atoms with van der Waals surface area (Å²) in [6.45, 7) is 0.604. The molecule has 132 valence electrons. The van der Waals surface area contributed by atoms with E-state index in [0.717, 1.165) is 37.6 Å². The Hall–Kier alpha value is -2.02. The van der Waals surface area contributed by atoms with Crippen molar-refractivity contribution in [1.82, 2.24) is 14.9 Å². The van der Waals surface area contributed by atoms with Gasteiger partial charge in [0.15, 0.2) is 9.84 Å². The van der Waals surface area contributed by atoms with Crippen molar-refractivity contribution >= 4 is 26.8 Å². The van der Waals surface area contributed by atoms with Gasteiger partial charge in [0.05, 0.1) is 21.5 Å². The highest BCUT2D eigenvalue weighted by atomic mass is 32.2. The Kier molecular flexibility index (Phi) is 4.19. The Labute approximate surface area is 147 Å². The number of fused-ring (bicyclic) bond motifs is 1. The molecule has 2 heterocycles. The van der Waals surface area contributed by atoms with Crippen molar-refractivity contribution in [2.45, 2.75) is 42.6 Å². The second-order valence-corrected chi connectivity index (χ2v) is 9.45. The van der Waals surface area contributed by atoms with Crippen molar-refractivity contribution in [3.8, 4) is 0 Å². The molecule has 25 heavy (non-hydrogen) atoms. The fourth-order valence-corrected chi connectivity index (χ4v) is 6.07. The first-order chi connectivity index (χ1) is 12.1. The molecule has 2 aliphatic rings. The van der Waals surface area contributed by atoms with E-state index in [1.54, 1.807) is 35.5 Å². The Bertz CT molecular complexity index is 901. The van der Waals surface area contributed by atoms with Gasteiger partial charge in [-0.3, -0.25) is 14.8 Å². The number of likely N-dealkylation sites (tertiary alicyclic amines) is 1. The summed E-state index contributed by atoms with van der Waals surface area (Å²) in [6.07, 6.45) is 7.88. The lowest BCUT2D eigenvalue weighted by Gasteiger charge is -2.40. The zero-order chi connectivity index (χ0) is 17.4. The molecule has 2 aromatic rings. The first-order valence-corrected chi connectivity index (χ1v) is 10.4. The van der Waals surface area contributed by atoms with E-state index in [2.05, 4.69) is 9.97 Å². The summed E-state index contributed by atoms with van der Waals surface area (Å²) in [5, 5.41) is -0.612. The molecule has 2 fully saturated rings. The van der Waals surface area contributed by atoms with Gasteiger partial charge < -0.3 is 4.90 Å². The molecule has 0 N–H and O–H groups in total. The first-order valence-electron chi connectivity index (χ1n) is 8.78. The van der Waals surface area contributed by atoms with Crippen LogP contribution in [0.1, 0.15) is 42.5 Å². The molecule has 1 aliphatic heterocycles. The molecule has 1 saturated carbocycles. The fourth-order valence-electron chi connectivity index (χ4n) is 3.76. The van der Waals surface area contributed by atoms with E-state index in [9.17, 15) is 13.2 Å². The van der Waals surface area contributed by atoms with Crippen LogP contribution in [-0.2, 0) is 9.84 Å². The van der Waals surface area contributed by atoms with Crippen molar-refractivity contribution in [3.63, 3.8) is 0 Å². The molecule has 4 rings (SSSR count). The molecule has 1 aromatic heterocycles. The molecule has 0 bridgehead atoms. The van der Waals surface area contributed by atoms with Gasteiger partial charge in [-0.05, 0) is 31.0 Å². The van der Waals surface area contributed by atoms with Gasteiger partial charge in [-0.25, -0.2) is 8.42 Å². The third-order valence-electron chi connectivity index (χ3n) is 5.33. The summed E-state index contributed by atoms with van der Waals surface area (Å²) in [7, 11) is -3.12. The van der Waals surface area contributed by atoms with Crippen LogP contribution in [0.5, 0.6) is 0 Å². The number of amides is 1. The van der Waals surface area contributed by atoms with Gasteiger partial charge in [-0.15, -0.1) is 0 Å². The summed E-state index contributed by atoms with van der Waals surface area (Å²) in [5.41, 5.74) is 1.93. The second-order valence-electron chi connectivity index (χ2n) is 6.94. The SMILES string of the molecule is O=C(c1ccc2nccnc2c1)N1CC(S(=O)(=O)C2CCCCC2)C1. The van der Waals surface area contributed by atoms with Crippen molar-refractivity contribution in [2.75, 3.05) is 13.1 Å². The zero-order valence-corrected chi connectivity index (χ0v) is 14.8. The lowest BCUT2D eigenvalue weighted by atomic mass is 10.0. The van der Waals surface area contributed by atoms with Gasteiger partial charge in [-0.2, -0.15) is 0 Å². The summed E-state index contributed by atoms with van der Waals surface area (Å²) in [5.74, 6) is -0.136. The van der Waals surface area contributed by atoms with Crippen molar-refractivity contribution < 1.29 is 13.2 Å². The fraction of sp³-hybridized carbons (Fsp3) is 0.500. The largest absolute Gasteiger partial charge is 0.336 e. The van der Waals surface area contributed by atoms with E-state index in [1.165, 1.54) is 0 Å². The maximum Gasteiger partial charge on any atom is 0.254 e. The molecule has 0 unspecified atom stereocenters. The summed E-state index contributed by atoms with van der Waals surface area (Å²) in [6, 6.07) is 5.21. The van der Waals surface area contributed by atoms with E-state index in [4.69, 9.17) is 0 Å². The van der Waals surface area contributed by atoms with Gasteiger partial charge in [0.2, 0.25) is 0 Å². The third-order valence-corrected chi connectivity index (χ3v) is 7.96. The number of hydrogen-bond acceptors (Lipinski definition) is 5. The van der Waals surface area contributed by atoms with Crippen LogP contribution < -0.4 is 0 Å². The number of nitrogens with zero attached hydrogens (tertiary/aromatic N) is 3. The molecule has 1 aromatic carbocycles. The number of aromatic nitrogens is 2. The van der Waals surface area contributed by atoms with E-state index >= 15 is 0 Å². The van der Waals surface area contributed by atoms with Gasteiger partial charge in [0, 0.05) is 31.0 Å². The number of benzene rings is 1. The Morgan fingerprint density at radius 1 is 0.960 bits per heavy atom. The standard InChI is InChI=1S/C18H21N3O3S/c22-18(13-6-7-16-17(10-13)20-9-8-19-16)21-11-15(12-21)25(23,24)14-4-2-1-3-5-14/h6-10,14-15H,1-5,11-12H2. The van der Waals surface area contributed by atoms with Crippen LogP contribution in [0.15, 0.2) is 30.6 Å². The Morgan fingerprint density at radius 2 is 1.64 bits per heavy atom. The minimum absolute atomic E-state index is 0.136. The highest BCUT2D eigenvalue weighted by Crippen LogP contribution is 2.30. The third kappa shape index (κ3) is 3.01. The summed E-state index contributed by atoms with van der Waals surface area (Å²) in [4.78, 5) is 22.6. The van der Waals surface area contributed by atoms with Gasteiger partial charge in [-0.1, -0.05) is 19.3 Å². The molecule has 0 spiro atoms. The lowest BCUT2D eigenvalue weighted by molar-refractivity contribution is 0.0658. The number of sulfone groups is 1. The minimum atomic E-state index is -3.12. The van der Waals surface area contributed by atoms with Gasteiger partial charge in [0.1, 0.15) is 0 Å². The average molecular weight is 359 g/mol. The summed E-state index contributed by atoms with van der Waals surface area (Å²) >= 11 is 0. The second kappa shape index (κ2) is 6.37. The highest BCUT2D eigenvalue weighted by Gasteiger charge is 2.43. The minimum Gasteiger partial charge on any atom is -0.336 e. The van der Waals surface area contributed by atoms with Crippen molar-refractivity contribution in [1.29, 1.82) is 0 Å². The summed E-state index contributed by atoms with van der Waals surface area (Å²) < 4.78 is 25.4. The van der Waals surface area contributed by atoms with E-state index in [1.807, 2.05) is 0 Å². The molecule has 1 saturated heterocycles. The number of carbonyl (C=O) groups excluding carboxylic acids is 1. The lowest BCUT2D eigenvalue weighted by Crippen LogP contribution is -2.58. The molecule has 1 amide bonds. The van der Waals surface area contributed by atoms with Crippen LogP contribution in [0.25, 0.3) is 11.0 Å². The van der Waals surface area contributed by atoms with Crippen molar-refractivity contribution in [3.05, 3.63) is 36.2 Å². The predicted octanol–water partition coefficient (Wildman–Crippen LogP) is 2.20. The molecule has 7 heteroatoms. The maximum absolute atomic E-state index is 12.7. The monoisotopic (exact) mass is 359 g/mol. The zero-order valence-electron chi connectivity index (χ0n) is 14.0. The van der Waals surface area contributed by atoms with Crippen LogP contribution in [-0.4, -0.2) is 52.8 Å². The first kappa shape index (κ1) is 16.4. The normalized spacial score (nSPS) is 19.8. The van der Waals surface area contributed by atoms with Crippen LogP contribution in [0, 0.1) is 0 Å². The van der Waals surface area contributed by atoms with Gasteiger partial charge >= 0.3 is 0 Å². The van der Waals surface area contributed by atoms with Gasteiger partial charge in [0.25, 0.3) is 5.91 Å². The molecular formula is C18H21N3O3S. The smallest absolute Gasteiger partial charge is 0.254 e. The quantitative estimate of drug-likeness (QED) is 0.839.